The predicted molar refractivity (Wildman–Crippen MR) is 90.4 cm³/mol. The van der Waals surface area contributed by atoms with Crippen LogP contribution in [0.4, 0.5) is 4.79 Å². The molecule has 132 valence electrons. The zero-order chi connectivity index (χ0) is 18.3. The molecular formula is C17H25N3O4. The van der Waals surface area contributed by atoms with Crippen molar-refractivity contribution >= 4 is 17.9 Å². The number of carbonyl (C=O) groups excluding carboxylic acids is 3. The fourth-order valence-electron chi connectivity index (χ4n) is 1.86. The summed E-state index contributed by atoms with van der Waals surface area (Å²) in [6.07, 6.45) is -0.762. The maximum Gasteiger partial charge on any atom is 0.426 e. The minimum Gasteiger partial charge on any atom is -0.449 e. The summed E-state index contributed by atoms with van der Waals surface area (Å²) in [7, 11) is 0. The molecule has 0 saturated heterocycles. The highest BCUT2D eigenvalue weighted by atomic mass is 16.5. The van der Waals surface area contributed by atoms with Crippen molar-refractivity contribution in [3.8, 4) is 0 Å². The van der Waals surface area contributed by atoms with E-state index in [1.165, 1.54) is 6.92 Å². The van der Waals surface area contributed by atoms with Crippen LogP contribution in [0.5, 0.6) is 0 Å². The first kappa shape index (κ1) is 19.5. The van der Waals surface area contributed by atoms with Gasteiger partial charge in [0.25, 0.3) is 11.8 Å². The summed E-state index contributed by atoms with van der Waals surface area (Å²) in [4.78, 5) is 35.1. The van der Waals surface area contributed by atoms with Gasteiger partial charge in [-0.25, -0.2) is 10.2 Å². The first-order valence-corrected chi connectivity index (χ1v) is 7.79. The fourth-order valence-corrected chi connectivity index (χ4v) is 1.86. The number of ether oxygens (including phenoxy) is 1. The van der Waals surface area contributed by atoms with Crippen LogP contribution in [0, 0.1) is 0 Å². The van der Waals surface area contributed by atoms with Gasteiger partial charge in [-0.3, -0.25) is 15.0 Å². The van der Waals surface area contributed by atoms with Gasteiger partial charge in [0.1, 0.15) is 6.04 Å². The summed E-state index contributed by atoms with van der Waals surface area (Å²) in [6.45, 7) is 9.62. The first-order valence-electron chi connectivity index (χ1n) is 7.79. The Bertz CT molecular complexity index is 591. The SMILES string of the molecule is CCOC(=O)NNC(=O)[C@H](C)NC(=O)c1ccc(C(C)(C)C)cc1. The molecule has 0 aliphatic heterocycles. The molecule has 0 aliphatic rings. The Morgan fingerprint density at radius 3 is 2.17 bits per heavy atom. The number of hydrazine groups is 1. The molecule has 0 aliphatic carbocycles. The topological polar surface area (TPSA) is 96.5 Å². The second-order valence-electron chi connectivity index (χ2n) is 6.36. The Balaban J connectivity index is 2.57. The lowest BCUT2D eigenvalue weighted by atomic mass is 9.86. The van der Waals surface area contributed by atoms with Crippen molar-refractivity contribution in [3.63, 3.8) is 0 Å². The Morgan fingerprint density at radius 1 is 1.08 bits per heavy atom. The number of hydrogen-bond donors (Lipinski definition) is 3. The van der Waals surface area contributed by atoms with Gasteiger partial charge in [-0.1, -0.05) is 32.9 Å². The number of nitrogens with one attached hydrogen (secondary N) is 3. The van der Waals surface area contributed by atoms with E-state index in [0.717, 1.165) is 5.56 Å². The molecule has 1 aromatic rings. The van der Waals surface area contributed by atoms with Gasteiger partial charge < -0.3 is 10.1 Å². The molecule has 1 rings (SSSR count). The number of hydrogen-bond acceptors (Lipinski definition) is 4. The lowest BCUT2D eigenvalue weighted by Gasteiger charge is -2.19. The summed E-state index contributed by atoms with van der Waals surface area (Å²) in [5.41, 5.74) is 5.84. The fraction of sp³-hybridized carbons (Fsp3) is 0.471. The molecular weight excluding hydrogens is 310 g/mol. The Kier molecular flexibility index (Phi) is 6.76. The third-order valence-corrected chi connectivity index (χ3v) is 3.32. The van der Waals surface area contributed by atoms with Crippen molar-refractivity contribution < 1.29 is 19.1 Å². The van der Waals surface area contributed by atoms with Crippen LogP contribution in [0.25, 0.3) is 0 Å². The van der Waals surface area contributed by atoms with Gasteiger partial charge in [0.05, 0.1) is 6.61 Å². The minimum atomic E-state index is -0.818. The minimum absolute atomic E-state index is 0.000943. The Labute approximate surface area is 142 Å². The summed E-state index contributed by atoms with van der Waals surface area (Å²) >= 11 is 0. The third kappa shape index (κ3) is 5.91. The average molecular weight is 335 g/mol. The zero-order valence-corrected chi connectivity index (χ0v) is 14.7. The van der Waals surface area contributed by atoms with Crippen molar-refractivity contribution in [1.29, 1.82) is 0 Å². The zero-order valence-electron chi connectivity index (χ0n) is 14.7. The monoisotopic (exact) mass is 335 g/mol. The van der Waals surface area contributed by atoms with E-state index in [4.69, 9.17) is 0 Å². The number of carbonyl (C=O) groups is 3. The van der Waals surface area contributed by atoms with E-state index < -0.39 is 18.0 Å². The van der Waals surface area contributed by atoms with E-state index in [-0.39, 0.29) is 17.9 Å². The van der Waals surface area contributed by atoms with Crippen LogP contribution in [-0.4, -0.2) is 30.6 Å². The van der Waals surface area contributed by atoms with E-state index in [9.17, 15) is 14.4 Å². The largest absolute Gasteiger partial charge is 0.449 e. The molecule has 7 heteroatoms. The van der Waals surface area contributed by atoms with Gasteiger partial charge in [-0.2, -0.15) is 0 Å². The first-order chi connectivity index (χ1) is 11.1. The lowest BCUT2D eigenvalue weighted by Crippen LogP contribution is -2.51. The van der Waals surface area contributed by atoms with Gasteiger partial charge in [-0.15, -0.1) is 0 Å². The highest BCUT2D eigenvalue weighted by molar-refractivity contribution is 5.97. The van der Waals surface area contributed by atoms with E-state index in [0.29, 0.717) is 5.56 Å². The van der Waals surface area contributed by atoms with Crippen molar-refractivity contribution in [3.05, 3.63) is 35.4 Å². The van der Waals surface area contributed by atoms with Crippen LogP contribution in [-0.2, 0) is 14.9 Å². The highest BCUT2D eigenvalue weighted by Gasteiger charge is 2.18. The van der Waals surface area contributed by atoms with Crippen LogP contribution in [0.3, 0.4) is 0 Å². The lowest BCUT2D eigenvalue weighted by molar-refractivity contribution is -0.123. The number of benzene rings is 1. The molecule has 0 saturated carbocycles. The Hall–Kier alpha value is -2.57. The smallest absolute Gasteiger partial charge is 0.426 e. The number of amides is 3. The van der Waals surface area contributed by atoms with Crippen molar-refractivity contribution in [2.75, 3.05) is 6.61 Å². The molecule has 3 N–H and O–H groups in total. The van der Waals surface area contributed by atoms with Crippen LogP contribution in [0.15, 0.2) is 24.3 Å². The van der Waals surface area contributed by atoms with E-state index in [1.807, 2.05) is 12.1 Å². The summed E-state index contributed by atoms with van der Waals surface area (Å²) in [6, 6.07) is 6.40. The van der Waals surface area contributed by atoms with Gasteiger partial charge in [0.15, 0.2) is 0 Å². The summed E-state index contributed by atoms with van der Waals surface area (Å²) < 4.78 is 4.61. The maximum absolute atomic E-state index is 12.2. The van der Waals surface area contributed by atoms with Gasteiger partial charge in [-0.05, 0) is 37.0 Å². The molecule has 0 bridgehead atoms. The van der Waals surface area contributed by atoms with Crippen molar-refractivity contribution in [2.24, 2.45) is 0 Å². The molecule has 24 heavy (non-hydrogen) atoms. The number of rotatable bonds is 4. The van der Waals surface area contributed by atoms with Gasteiger partial charge in [0, 0.05) is 5.56 Å². The molecule has 1 aromatic carbocycles. The molecule has 1 atom stereocenters. The highest BCUT2D eigenvalue weighted by Crippen LogP contribution is 2.22. The summed E-state index contributed by atoms with van der Waals surface area (Å²) in [5, 5.41) is 2.57. The van der Waals surface area contributed by atoms with Crippen molar-refractivity contribution in [1.82, 2.24) is 16.2 Å². The molecule has 0 unspecified atom stereocenters. The predicted octanol–water partition coefficient (Wildman–Crippen LogP) is 1.88. The third-order valence-electron chi connectivity index (χ3n) is 3.32. The van der Waals surface area contributed by atoms with E-state index in [2.05, 4.69) is 41.7 Å². The van der Waals surface area contributed by atoms with E-state index in [1.54, 1.807) is 19.1 Å². The molecule has 3 amide bonds. The molecule has 7 nitrogen and oxygen atoms in total. The normalized spacial score (nSPS) is 12.0. The van der Waals surface area contributed by atoms with E-state index >= 15 is 0 Å². The van der Waals surface area contributed by atoms with Crippen LogP contribution in [0.1, 0.15) is 50.5 Å². The second-order valence-corrected chi connectivity index (χ2v) is 6.36. The molecule has 0 heterocycles. The van der Waals surface area contributed by atoms with Crippen molar-refractivity contribution in [2.45, 2.75) is 46.1 Å². The second kappa shape index (κ2) is 8.33. The van der Waals surface area contributed by atoms with Crippen LogP contribution in [0.2, 0.25) is 0 Å². The molecule has 0 aromatic heterocycles. The average Bonchev–Trinajstić information content (AvgIpc) is 2.52. The van der Waals surface area contributed by atoms with Gasteiger partial charge in [0.2, 0.25) is 0 Å². The molecule has 0 spiro atoms. The molecule has 0 radical (unpaired) electrons. The standard InChI is InChI=1S/C17H25N3O4/c1-6-24-16(23)20-19-14(21)11(2)18-15(22)12-7-9-13(10-8-12)17(3,4)5/h7-11H,6H2,1-5H3,(H,18,22)(H,19,21)(H,20,23)/t11-/m0/s1. The van der Waals surface area contributed by atoms with Crippen LogP contribution < -0.4 is 16.2 Å². The quantitative estimate of drug-likeness (QED) is 0.732. The molecule has 0 fully saturated rings. The Morgan fingerprint density at radius 2 is 1.67 bits per heavy atom. The maximum atomic E-state index is 12.2. The summed E-state index contributed by atoms with van der Waals surface area (Å²) in [5.74, 6) is -0.919. The van der Waals surface area contributed by atoms with Gasteiger partial charge >= 0.3 is 6.09 Å². The van der Waals surface area contributed by atoms with Crippen LogP contribution >= 0.6 is 0 Å².